The van der Waals surface area contributed by atoms with E-state index < -0.39 is 53.7 Å². The van der Waals surface area contributed by atoms with Gasteiger partial charge in [-0.05, 0) is 43.9 Å². The number of methoxy groups -OCH3 is 2. The molecule has 12 heteroatoms. The summed E-state index contributed by atoms with van der Waals surface area (Å²) in [4.78, 5) is 40.9. The molecule has 0 aromatic heterocycles. The number of rotatable bonds is 5. The lowest BCUT2D eigenvalue weighted by Gasteiger charge is -2.42. The van der Waals surface area contributed by atoms with Gasteiger partial charge < -0.3 is 33.7 Å². The monoisotopic (exact) mass is 648 g/mol. The molecule has 3 unspecified atom stereocenters. The number of anilines is 1. The number of ether oxygens (including phenoxy) is 5. The molecule has 4 rings (SSSR count). The second-order valence-corrected chi connectivity index (χ2v) is 13.3. The molecule has 0 aliphatic carbocycles. The molecule has 1 aromatic carbocycles. The van der Waals surface area contributed by atoms with E-state index in [-0.39, 0.29) is 36.1 Å². The number of carbonyl (C=O) groups is 3. The highest BCUT2D eigenvalue weighted by molar-refractivity contribution is 6.35. The zero-order valence-electron chi connectivity index (χ0n) is 27.2. The number of allylic oxidation sites excluding steroid dienone is 3. The van der Waals surface area contributed by atoms with E-state index in [2.05, 4.69) is 5.32 Å². The molecule has 248 valence electrons. The van der Waals surface area contributed by atoms with Gasteiger partial charge in [0.1, 0.15) is 34.7 Å². The van der Waals surface area contributed by atoms with Crippen molar-refractivity contribution in [1.82, 2.24) is 5.32 Å². The molecular weight excluding hydrogens is 604 g/mol. The Morgan fingerprint density at radius 2 is 1.98 bits per heavy atom. The summed E-state index contributed by atoms with van der Waals surface area (Å²) in [6, 6.07) is 3.64. The highest BCUT2D eigenvalue weighted by atomic mass is 35.5. The molecule has 3 aliphatic rings. The van der Waals surface area contributed by atoms with Crippen LogP contribution in [0.1, 0.15) is 59.4 Å². The first kappa shape index (κ1) is 34.7. The maximum Gasteiger partial charge on any atom is 0.409 e. The molecule has 0 saturated carbocycles. The molecule has 2 N–H and O–H groups in total. The topological polar surface area (TPSA) is 136 Å². The first-order valence-corrected chi connectivity index (χ1v) is 15.6. The molecule has 45 heavy (non-hydrogen) atoms. The van der Waals surface area contributed by atoms with Crippen molar-refractivity contribution in [1.29, 1.82) is 0 Å². The number of aliphatic hydroxyl groups is 1. The largest absolute Gasteiger partial charge is 0.495 e. The number of amides is 2. The lowest BCUT2D eigenvalue weighted by atomic mass is 9.83. The quantitative estimate of drug-likeness (QED) is 0.344. The SMILES string of the molecule is COc1cc2cc(c1Cl)N(C)C(=O)C[C@H](OC(=O)CC(C)C)C1(C)OC1[C@H](C)C1C[C@@](O)(NC(=O)O1)[C@H](OC)/C=C/C=C(/C)C2. The van der Waals surface area contributed by atoms with Gasteiger partial charge in [0.25, 0.3) is 0 Å². The van der Waals surface area contributed by atoms with Crippen LogP contribution in [0.3, 0.4) is 0 Å². The zero-order chi connectivity index (χ0) is 33.3. The number of carbonyl (C=O) groups excluding carboxylic acids is 3. The van der Waals surface area contributed by atoms with Crippen LogP contribution >= 0.6 is 11.6 Å². The normalized spacial score (nSPS) is 34.2. The third-order valence-electron chi connectivity index (χ3n) is 8.80. The fourth-order valence-electron chi connectivity index (χ4n) is 6.15. The number of fused-ring (bicyclic) bond motifs is 5. The molecule has 2 amide bonds. The minimum absolute atomic E-state index is 0.00495. The van der Waals surface area contributed by atoms with E-state index in [1.807, 2.05) is 45.9 Å². The van der Waals surface area contributed by atoms with Crippen molar-refractivity contribution in [3.63, 3.8) is 0 Å². The van der Waals surface area contributed by atoms with Crippen LogP contribution in [0.2, 0.25) is 5.02 Å². The summed E-state index contributed by atoms with van der Waals surface area (Å²) in [6.07, 6.45) is 1.84. The Hall–Kier alpha value is -3.12. The van der Waals surface area contributed by atoms with E-state index in [1.165, 1.54) is 19.1 Å². The molecule has 0 spiro atoms. The van der Waals surface area contributed by atoms with E-state index in [0.717, 1.165) is 11.1 Å². The second kappa shape index (κ2) is 13.7. The number of esters is 1. The summed E-state index contributed by atoms with van der Waals surface area (Å²) in [6.45, 7) is 9.36. The zero-order valence-corrected chi connectivity index (χ0v) is 28.0. The first-order chi connectivity index (χ1) is 21.1. The Morgan fingerprint density at radius 1 is 1.27 bits per heavy atom. The fraction of sp³-hybridized carbons (Fsp3) is 0.606. The van der Waals surface area contributed by atoms with Crippen LogP contribution in [-0.2, 0) is 35.0 Å². The number of hydrogen-bond acceptors (Lipinski definition) is 9. The van der Waals surface area contributed by atoms with Gasteiger partial charge in [-0.25, -0.2) is 4.79 Å². The summed E-state index contributed by atoms with van der Waals surface area (Å²) in [5.74, 6) is -0.779. The smallest absolute Gasteiger partial charge is 0.409 e. The van der Waals surface area contributed by atoms with E-state index in [9.17, 15) is 19.5 Å². The predicted molar refractivity (Wildman–Crippen MR) is 168 cm³/mol. The van der Waals surface area contributed by atoms with Crippen LogP contribution in [0, 0.1) is 11.8 Å². The summed E-state index contributed by atoms with van der Waals surface area (Å²) in [5.41, 5.74) is -0.578. The third kappa shape index (κ3) is 7.65. The van der Waals surface area contributed by atoms with Gasteiger partial charge >= 0.3 is 12.1 Å². The van der Waals surface area contributed by atoms with Crippen molar-refractivity contribution in [3.8, 4) is 5.75 Å². The van der Waals surface area contributed by atoms with Crippen molar-refractivity contribution in [2.24, 2.45) is 11.8 Å². The number of halogens is 1. The van der Waals surface area contributed by atoms with E-state index in [1.54, 1.807) is 26.1 Å². The van der Waals surface area contributed by atoms with Crippen molar-refractivity contribution in [2.75, 3.05) is 26.2 Å². The molecule has 4 bridgehead atoms. The van der Waals surface area contributed by atoms with E-state index in [4.69, 9.17) is 35.3 Å². The molecule has 11 nitrogen and oxygen atoms in total. The standard InChI is InChI=1S/C33H45ClN2O9/c1-18(2)12-28(38)44-26-16-27(37)36(6)22-14-21(15-23(41-7)29(22)34)13-19(3)10-9-11-25(42-8)33(40)17-24(43-31(39)35-33)20(4)30-32(26,5)45-30/h9-11,14-15,18,20,24-26,30,40H,12-13,16-17H2,1-8H3,(H,35,39)/b11-9+,19-10-/t20-,24?,25-,26+,30?,32?,33+/m1/s1. The van der Waals surface area contributed by atoms with E-state index >= 15 is 0 Å². The molecular formula is C33H45ClN2O9. The number of benzene rings is 1. The molecule has 1 aromatic rings. The van der Waals surface area contributed by atoms with Gasteiger partial charge in [0.2, 0.25) is 5.91 Å². The Balaban J connectivity index is 1.79. The Bertz CT molecular complexity index is 1360. The van der Waals surface area contributed by atoms with Gasteiger partial charge in [-0.3, -0.25) is 14.9 Å². The van der Waals surface area contributed by atoms with Gasteiger partial charge in [0, 0.05) is 32.9 Å². The van der Waals surface area contributed by atoms with Crippen molar-refractivity contribution in [2.45, 2.75) is 96.0 Å². The van der Waals surface area contributed by atoms with Gasteiger partial charge in [-0.2, -0.15) is 0 Å². The molecule has 2 fully saturated rings. The predicted octanol–water partition coefficient (Wildman–Crippen LogP) is 4.71. The Morgan fingerprint density at radius 3 is 2.62 bits per heavy atom. The number of nitrogens with zero attached hydrogens (tertiary/aromatic N) is 1. The lowest BCUT2D eigenvalue weighted by molar-refractivity contribution is -0.154. The minimum atomic E-state index is -1.77. The van der Waals surface area contributed by atoms with E-state index in [0.29, 0.717) is 17.9 Å². The number of nitrogens with one attached hydrogen (secondary N) is 1. The summed E-state index contributed by atoms with van der Waals surface area (Å²) >= 11 is 6.70. The molecule has 7 atom stereocenters. The average Bonchev–Trinajstić information content (AvgIpc) is 3.65. The Labute approximate surface area is 269 Å². The maximum atomic E-state index is 13.8. The second-order valence-electron chi connectivity index (χ2n) is 12.9. The average molecular weight is 649 g/mol. The summed E-state index contributed by atoms with van der Waals surface area (Å²) in [7, 11) is 4.57. The summed E-state index contributed by atoms with van der Waals surface area (Å²) < 4.78 is 28.9. The highest BCUT2D eigenvalue weighted by Crippen LogP contribution is 2.49. The van der Waals surface area contributed by atoms with Crippen LogP contribution in [0.25, 0.3) is 0 Å². The van der Waals surface area contributed by atoms with Crippen molar-refractivity contribution in [3.05, 3.63) is 46.5 Å². The fourth-order valence-corrected chi connectivity index (χ4v) is 6.46. The van der Waals surface area contributed by atoms with Crippen LogP contribution in [0.15, 0.2) is 35.9 Å². The molecule has 3 aliphatic heterocycles. The van der Waals surface area contributed by atoms with Crippen molar-refractivity contribution >= 4 is 35.3 Å². The molecule has 0 radical (unpaired) electrons. The van der Waals surface area contributed by atoms with Gasteiger partial charge in [-0.15, -0.1) is 0 Å². The van der Waals surface area contributed by atoms with Crippen molar-refractivity contribution < 1.29 is 43.2 Å². The summed E-state index contributed by atoms with van der Waals surface area (Å²) in [5, 5.41) is 14.4. The van der Waals surface area contributed by atoms with Crippen LogP contribution in [-0.4, -0.2) is 80.1 Å². The van der Waals surface area contributed by atoms with Gasteiger partial charge in [0.05, 0.1) is 25.3 Å². The van der Waals surface area contributed by atoms with Crippen LogP contribution < -0.4 is 15.0 Å². The third-order valence-corrected chi connectivity index (χ3v) is 9.18. The van der Waals surface area contributed by atoms with Crippen LogP contribution in [0.5, 0.6) is 5.75 Å². The van der Waals surface area contributed by atoms with Gasteiger partial charge in [0.15, 0.2) is 5.72 Å². The Kier molecular flexibility index (Phi) is 10.6. The van der Waals surface area contributed by atoms with Crippen LogP contribution in [0.4, 0.5) is 10.5 Å². The first-order valence-electron chi connectivity index (χ1n) is 15.2. The number of hydrogen-bond donors (Lipinski definition) is 2. The highest BCUT2D eigenvalue weighted by Gasteiger charge is 2.64. The molecule has 3 heterocycles. The number of alkyl carbamates (subject to hydrolysis) is 1. The van der Waals surface area contributed by atoms with Gasteiger partial charge in [-0.1, -0.05) is 56.2 Å². The lowest BCUT2D eigenvalue weighted by Crippen LogP contribution is -2.63. The molecule has 2 saturated heterocycles. The number of epoxide rings is 1. The maximum absolute atomic E-state index is 13.8. The minimum Gasteiger partial charge on any atom is -0.495 e.